The Balaban J connectivity index is 1.84. The summed E-state index contributed by atoms with van der Waals surface area (Å²) in [6.07, 6.45) is 8.60. The Kier molecular flexibility index (Phi) is 6.30. The topological polar surface area (TPSA) is 37.3 Å². The van der Waals surface area contributed by atoms with Crippen LogP contribution < -0.4 is 0 Å². The van der Waals surface area contributed by atoms with E-state index in [0.717, 1.165) is 24.5 Å². The van der Waals surface area contributed by atoms with E-state index in [2.05, 4.69) is 45.9 Å². The molecule has 0 radical (unpaired) electrons. The number of halogens is 1. The van der Waals surface area contributed by atoms with Gasteiger partial charge in [-0.2, -0.15) is 0 Å². The molecule has 0 amide bonds. The molecule has 0 heterocycles. The molecule has 0 saturated heterocycles. The number of carboxylic acids is 1. The molecule has 0 fully saturated rings. The van der Waals surface area contributed by atoms with Crippen molar-refractivity contribution in [2.45, 2.75) is 64.2 Å². The molecular formula is C27H31FO2. The van der Waals surface area contributed by atoms with Crippen LogP contribution in [-0.4, -0.2) is 11.1 Å². The average Bonchev–Trinajstić information content (AvgIpc) is 2.68. The molecule has 0 atom stereocenters. The number of aryl methyl sites for hydroxylation is 1. The minimum Gasteiger partial charge on any atom is -0.478 e. The highest BCUT2D eigenvalue weighted by atomic mass is 19.1. The standard InChI is InChI=1S/C27H31FO2/c1-26(2)15-16-27(3,4)24-17-19(11-13-23(24)26)7-5-8-20(12-14-25(29)30)21-9-6-10-22(28)18-21/h6,8-14,17-18H,5,7,15-16H2,1-4H3,(H,29,30)/b14-12-,20-8-. The number of hydrogen-bond acceptors (Lipinski definition) is 1. The van der Waals surface area contributed by atoms with Gasteiger partial charge in [0.05, 0.1) is 0 Å². The molecule has 0 aliphatic heterocycles. The van der Waals surface area contributed by atoms with Crippen molar-refractivity contribution < 1.29 is 14.3 Å². The first-order valence-electron chi connectivity index (χ1n) is 10.6. The molecule has 1 aliphatic carbocycles. The predicted octanol–water partition coefficient (Wildman–Crippen LogP) is 6.83. The Labute approximate surface area is 179 Å². The van der Waals surface area contributed by atoms with Gasteiger partial charge in [0.25, 0.3) is 0 Å². The van der Waals surface area contributed by atoms with Gasteiger partial charge in [-0.3, -0.25) is 0 Å². The lowest BCUT2D eigenvalue weighted by Crippen LogP contribution is -2.33. The van der Waals surface area contributed by atoms with Gasteiger partial charge in [0, 0.05) is 6.08 Å². The molecule has 1 N–H and O–H groups in total. The first-order valence-corrected chi connectivity index (χ1v) is 10.6. The van der Waals surface area contributed by atoms with E-state index in [0.29, 0.717) is 5.56 Å². The SMILES string of the molecule is CC1(C)CCC(C)(C)c2cc(CC/C=C(/C=C\C(=O)O)c3cccc(F)c3)ccc21. The summed E-state index contributed by atoms with van der Waals surface area (Å²) in [6.45, 7) is 9.29. The number of carboxylic acid groups (broad SMARTS) is 1. The van der Waals surface area contributed by atoms with Crippen LogP contribution in [0.2, 0.25) is 0 Å². The van der Waals surface area contributed by atoms with Gasteiger partial charge in [-0.25, -0.2) is 9.18 Å². The average molecular weight is 407 g/mol. The van der Waals surface area contributed by atoms with Crippen molar-refractivity contribution in [3.05, 3.63) is 88.8 Å². The molecule has 1 aliphatic rings. The number of aliphatic carboxylic acids is 1. The zero-order valence-corrected chi connectivity index (χ0v) is 18.3. The second-order valence-corrected chi connectivity index (χ2v) is 9.53. The van der Waals surface area contributed by atoms with Crippen molar-refractivity contribution in [2.24, 2.45) is 0 Å². The van der Waals surface area contributed by atoms with E-state index < -0.39 is 5.97 Å². The van der Waals surface area contributed by atoms with E-state index in [4.69, 9.17) is 5.11 Å². The third-order valence-corrected chi connectivity index (χ3v) is 6.28. The molecule has 0 spiro atoms. The lowest BCUT2D eigenvalue weighted by atomic mass is 9.63. The Morgan fingerprint density at radius 1 is 1.00 bits per heavy atom. The summed E-state index contributed by atoms with van der Waals surface area (Å²) in [5, 5.41) is 8.98. The highest BCUT2D eigenvalue weighted by Gasteiger charge is 2.36. The minimum absolute atomic E-state index is 0.174. The molecule has 2 aromatic carbocycles. The van der Waals surface area contributed by atoms with E-state index in [1.807, 2.05) is 6.08 Å². The second-order valence-electron chi connectivity index (χ2n) is 9.53. The number of rotatable bonds is 6. The number of fused-ring (bicyclic) bond motifs is 1. The Morgan fingerprint density at radius 2 is 1.70 bits per heavy atom. The highest BCUT2D eigenvalue weighted by Crippen LogP contribution is 2.45. The van der Waals surface area contributed by atoms with Crippen LogP contribution in [0.3, 0.4) is 0 Å². The molecule has 158 valence electrons. The van der Waals surface area contributed by atoms with Gasteiger partial charge >= 0.3 is 5.97 Å². The molecular weight excluding hydrogens is 375 g/mol. The van der Waals surface area contributed by atoms with Crippen LogP contribution in [0.5, 0.6) is 0 Å². The van der Waals surface area contributed by atoms with Crippen LogP contribution in [0.15, 0.2) is 60.7 Å². The Bertz CT molecular complexity index is 996. The molecule has 3 heteroatoms. The lowest BCUT2D eigenvalue weighted by molar-refractivity contribution is -0.131. The van der Waals surface area contributed by atoms with Gasteiger partial charge < -0.3 is 5.11 Å². The molecule has 0 saturated carbocycles. The molecule has 0 aromatic heterocycles. The number of allylic oxidation sites excluding steroid dienone is 3. The lowest BCUT2D eigenvalue weighted by Gasteiger charge is -2.42. The van der Waals surface area contributed by atoms with Crippen molar-refractivity contribution in [1.82, 2.24) is 0 Å². The van der Waals surface area contributed by atoms with E-state index in [9.17, 15) is 9.18 Å². The summed E-state index contributed by atoms with van der Waals surface area (Å²) in [6, 6.07) is 13.1. The van der Waals surface area contributed by atoms with Gasteiger partial charge in [0.1, 0.15) is 5.82 Å². The summed E-state index contributed by atoms with van der Waals surface area (Å²) < 4.78 is 13.6. The fraction of sp³-hybridized carbons (Fsp3) is 0.370. The van der Waals surface area contributed by atoms with Crippen LogP contribution in [-0.2, 0) is 22.0 Å². The zero-order chi connectivity index (χ0) is 21.9. The van der Waals surface area contributed by atoms with E-state index in [1.165, 1.54) is 47.7 Å². The maximum Gasteiger partial charge on any atom is 0.328 e. The van der Waals surface area contributed by atoms with Crippen LogP contribution in [0.4, 0.5) is 4.39 Å². The van der Waals surface area contributed by atoms with Crippen molar-refractivity contribution in [3.63, 3.8) is 0 Å². The number of benzene rings is 2. The summed E-state index contributed by atoms with van der Waals surface area (Å²) in [4.78, 5) is 11.0. The van der Waals surface area contributed by atoms with Crippen molar-refractivity contribution >= 4 is 11.5 Å². The normalized spacial score (nSPS) is 17.7. The van der Waals surface area contributed by atoms with E-state index in [1.54, 1.807) is 12.1 Å². The van der Waals surface area contributed by atoms with Gasteiger partial charge in [0.15, 0.2) is 0 Å². The van der Waals surface area contributed by atoms with Crippen LogP contribution in [0.1, 0.15) is 69.2 Å². The van der Waals surface area contributed by atoms with E-state index in [-0.39, 0.29) is 16.6 Å². The molecule has 30 heavy (non-hydrogen) atoms. The summed E-state index contributed by atoms with van der Waals surface area (Å²) in [7, 11) is 0. The first-order chi connectivity index (χ1) is 14.1. The number of carbonyl (C=O) groups is 1. The van der Waals surface area contributed by atoms with Gasteiger partial charge in [0.2, 0.25) is 0 Å². The van der Waals surface area contributed by atoms with Crippen molar-refractivity contribution in [3.8, 4) is 0 Å². The second kappa shape index (κ2) is 8.59. The van der Waals surface area contributed by atoms with Crippen molar-refractivity contribution in [1.29, 1.82) is 0 Å². The smallest absolute Gasteiger partial charge is 0.328 e. The predicted molar refractivity (Wildman–Crippen MR) is 121 cm³/mol. The fourth-order valence-electron chi connectivity index (χ4n) is 4.30. The molecule has 3 rings (SSSR count). The van der Waals surface area contributed by atoms with Crippen LogP contribution >= 0.6 is 0 Å². The molecule has 0 unspecified atom stereocenters. The highest BCUT2D eigenvalue weighted by molar-refractivity contribution is 5.85. The van der Waals surface area contributed by atoms with E-state index >= 15 is 0 Å². The third kappa shape index (κ3) is 5.08. The van der Waals surface area contributed by atoms with Crippen molar-refractivity contribution in [2.75, 3.05) is 0 Å². The van der Waals surface area contributed by atoms with Crippen LogP contribution in [0.25, 0.3) is 5.57 Å². The van der Waals surface area contributed by atoms with Crippen LogP contribution in [0, 0.1) is 5.82 Å². The quantitative estimate of drug-likeness (QED) is 0.421. The maximum atomic E-state index is 13.6. The zero-order valence-electron chi connectivity index (χ0n) is 18.3. The van der Waals surface area contributed by atoms with Gasteiger partial charge in [-0.1, -0.05) is 64.1 Å². The summed E-state index contributed by atoms with van der Waals surface area (Å²) in [5.74, 6) is -1.35. The first kappa shape index (κ1) is 22.0. The number of hydrogen-bond donors (Lipinski definition) is 1. The Hall–Kier alpha value is -2.68. The van der Waals surface area contributed by atoms with Gasteiger partial charge in [-0.05, 0) is 82.5 Å². The Morgan fingerprint density at radius 3 is 2.37 bits per heavy atom. The maximum absolute atomic E-state index is 13.6. The molecule has 2 nitrogen and oxygen atoms in total. The summed E-state index contributed by atoms with van der Waals surface area (Å²) in [5.41, 5.74) is 5.94. The minimum atomic E-state index is -1.02. The summed E-state index contributed by atoms with van der Waals surface area (Å²) >= 11 is 0. The monoisotopic (exact) mass is 406 g/mol. The molecule has 2 aromatic rings. The largest absolute Gasteiger partial charge is 0.478 e. The third-order valence-electron chi connectivity index (χ3n) is 6.28. The van der Waals surface area contributed by atoms with Gasteiger partial charge in [-0.15, -0.1) is 0 Å². The fourth-order valence-corrected chi connectivity index (χ4v) is 4.30. The molecule has 0 bridgehead atoms.